The molecule has 1 fully saturated rings. The third-order valence-electron chi connectivity index (χ3n) is 6.13. The number of likely N-dealkylation sites (tertiary alicyclic amines) is 1. The largest absolute Gasteiger partial charge is 0.496 e. The number of carbonyl (C=O) groups is 1. The summed E-state index contributed by atoms with van der Waals surface area (Å²) < 4.78 is 18.3. The standard InChI is InChI=1S/C26H34ClN3O4/c1-18(34-15-14-32-4)16-23-26(28-3)25(19(2)30(23)21-8-6-20(27)7-9-21)24(31)17-29-12-10-22(33-5)11-13-29/h6-9,16,22H,3,10-15,17H2,1-2,4-5H3/b18-16+. The number of ketones is 1. The van der Waals surface area contributed by atoms with E-state index in [0.29, 0.717) is 41.8 Å². The number of aromatic nitrogens is 1. The van der Waals surface area contributed by atoms with Crippen LogP contribution in [0.4, 0.5) is 5.69 Å². The van der Waals surface area contributed by atoms with Crippen LogP contribution in [-0.4, -0.2) is 75.1 Å². The highest BCUT2D eigenvalue weighted by Gasteiger charge is 2.27. The molecule has 184 valence electrons. The Labute approximate surface area is 207 Å². The number of halogens is 1. The molecule has 1 aliphatic heterocycles. The highest BCUT2D eigenvalue weighted by molar-refractivity contribution is 6.30. The van der Waals surface area contributed by atoms with Crippen molar-refractivity contribution in [3.8, 4) is 5.69 Å². The van der Waals surface area contributed by atoms with Crippen LogP contribution in [0.5, 0.6) is 0 Å². The zero-order valence-corrected chi connectivity index (χ0v) is 21.2. The van der Waals surface area contributed by atoms with Gasteiger partial charge in [0.1, 0.15) is 6.61 Å². The van der Waals surface area contributed by atoms with Crippen molar-refractivity contribution in [2.75, 3.05) is 47.1 Å². The first-order valence-corrected chi connectivity index (χ1v) is 11.8. The Kier molecular flexibility index (Phi) is 9.47. The van der Waals surface area contributed by atoms with E-state index in [-0.39, 0.29) is 11.9 Å². The van der Waals surface area contributed by atoms with E-state index in [1.165, 1.54) is 0 Å². The Morgan fingerprint density at radius 1 is 1.21 bits per heavy atom. The van der Waals surface area contributed by atoms with Crippen LogP contribution in [0.2, 0.25) is 5.02 Å². The lowest BCUT2D eigenvalue weighted by atomic mass is 10.0. The quantitative estimate of drug-likeness (QED) is 0.191. The molecule has 1 saturated heterocycles. The number of hydrogen-bond acceptors (Lipinski definition) is 6. The molecule has 0 unspecified atom stereocenters. The molecule has 0 bridgehead atoms. The molecule has 2 aromatic rings. The number of nitrogens with zero attached hydrogens (tertiary/aromatic N) is 3. The molecular formula is C26H34ClN3O4. The van der Waals surface area contributed by atoms with Gasteiger partial charge < -0.3 is 18.8 Å². The van der Waals surface area contributed by atoms with E-state index < -0.39 is 0 Å². The predicted octanol–water partition coefficient (Wildman–Crippen LogP) is 5.09. The van der Waals surface area contributed by atoms with Crippen molar-refractivity contribution < 1.29 is 19.0 Å². The normalized spacial score (nSPS) is 15.5. The lowest BCUT2D eigenvalue weighted by Crippen LogP contribution is -2.39. The van der Waals surface area contributed by atoms with Gasteiger partial charge in [-0.25, -0.2) is 0 Å². The lowest BCUT2D eigenvalue weighted by molar-refractivity contribution is 0.0401. The average molecular weight is 488 g/mol. The molecule has 1 aromatic heterocycles. The number of piperidine rings is 1. The molecule has 0 spiro atoms. The molecule has 8 heteroatoms. The number of aliphatic imine (C=N–C) groups is 1. The van der Waals surface area contributed by atoms with Gasteiger partial charge in [-0.3, -0.25) is 14.7 Å². The first kappa shape index (κ1) is 26.2. The summed E-state index contributed by atoms with van der Waals surface area (Å²) in [4.78, 5) is 20.0. The SMILES string of the molecule is C=Nc1c(C(=O)CN2CCC(OC)CC2)c(C)n(-c2ccc(Cl)cc2)c1/C=C(\C)OCCOC. The Balaban J connectivity index is 2.00. The minimum Gasteiger partial charge on any atom is -0.496 e. The van der Waals surface area contributed by atoms with E-state index in [4.69, 9.17) is 25.8 Å². The maximum absolute atomic E-state index is 13.5. The molecule has 34 heavy (non-hydrogen) atoms. The molecule has 3 rings (SSSR count). The van der Waals surface area contributed by atoms with E-state index in [1.54, 1.807) is 14.2 Å². The number of carbonyl (C=O) groups excluding carboxylic acids is 1. The summed E-state index contributed by atoms with van der Waals surface area (Å²) in [5, 5.41) is 0.641. The number of methoxy groups -OCH3 is 2. The summed E-state index contributed by atoms with van der Waals surface area (Å²) in [6.07, 6.45) is 4.00. The van der Waals surface area contributed by atoms with Gasteiger partial charge >= 0.3 is 0 Å². The second-order valence-electron chi connectivity index (χ2n) is 8.39. The van der Waals surface area contributed by atoms with Crippen molar-refractivity contribution >= 4 is 35.9 Å². The minimum absolute atomic E-state index is 0.0242. The predicted molar refractivity (Wildman–Crippen MR) is 137 cm³/mol. The summed E-state index contributed by atoms with van der Waals surface area (Å²) in [6.45, 7) is 10.5. The van der Waals surface area contributed by atoms with Gasteiger partial charge in [-0.1, -0.05) is 11.6 Å². The van der Waals surface area contributed by atoms with Crippen molar-refractivity contribution in [3.63, 3.8) is 0 Å². The monoisotopic (exact) mass is 487 g/mol. The van der Waals surface area contributed by atoms with Crippen LogP contribution in [0.25, 0.3) is 11.8 Å². The van der Waals surface area contributed by atoms with Crippen LogP contribution in [0.1, 0.15) is 41.5 Å². The fourth-order valence-corrected chi connectivity index (χ4v) is 4.48. The van der Waals surface area contributed by atoms with Crippen LogP contribution in [0.15, 0.2) is 35.0 Å². The molecule has 0 aliphatic carbocycles. The minimum atomic E-state index is 0.0242. The average Bonchev–Trinajstić information content (AvgIpc) is 3.11. The molecule has 2 heterocycles. The van der Waals surface area contributed by atoms with Crippen molar-refractivity contribution in [1.29, 1.82) is 0 Å². The maximum atomic E-state index is 13.5. The Morgan fingerprint density at radius 2 is 1.88 bits per heavy atom. The van der Waals surface area contributed by atoms with Gasteiger partial charge in [-0.2, -0.15) is 0 Å². The zero-order valence-electron chi connectivity index (χ0n) is 20.5. The Hall–Kier alpha value is -2.45. The van der Waals surface area contributed by atoms with Gasteiger partial charge in [0.25, 0.3) is 0 Å². The number of allylic oxidation sites excluding steroid dienone is 1. The van der Waals surface area contributed by atoms with E-state index in [9.17, 15) is 4.79 Å². The summed E-state index contributed by atoms with van der Waals surface area (Å²) in [6, 6.07) is 7.50. The fraction of sp³-hybridized carbons (Fsp3) is 0.462. The van der Waals surface area contributed by atoms with Gasteiger partial charge in [0, 0.05) is 49.8 Å². The summed E-state index contributed by atoms with van der Waals surface area (Å²) in [7, 11) is 3.37. The number of benzene rings is 1. The van der Waals surface area contributed by atoms with E-state index in [0.717, 1.165) is 43.0 Å². The van der Waals surface area contributed by atoms with Crippen molar-refractivity contribution in [3.05, 3.63) is 52.0 Å². The summed E-state index contributed by atoms with van der Waals surface area (Å²) in [5.41, 5.74) is 3.56. The third kappa shape index (κ3) is 6.16. The van der Waals surface area contributed by atoms with Crippen molar-refractivity contribution in [2.24, 2.45) is 4.99 Å². The smallest absolute Gasteiger partial charge is 0.180 e. The molecule has 0 N–H and O–H groups in total. The summed E-state index contributed by atoms with van der Waals surface area (Å²) >= 11 is 6.13. The summed E-state index contributed by atoms with van der Waals surface area (Å²) in [5.74, 6) is 0.714. The third-order valence-corrected chi connectivity index (χ3v) is 6.38. The molecular weight excluding hydrogens is 454 g/mol. The van der Waals surface area contributed by atoms with Crippen LogP contribution >= 0.6 is 11.6 Å². The zero-order chi connectivity index (χ0) is 24.7. The van der Waals surface area contributed by atoms with Crippen LogP contribution in [0.3, 0.4) is 0 Å². The van der Waals surface area contributed by atoms with Crippen LogP contribution < -0.4 is 0 Å². The molecule has 7 nitrogen and oxygen atoms in total. The van der Waals surface area contributed by atoms with E-state index in [2.05, 4.69) is 16.6 Å². The Morgan fingerprint density at radius 3 is 2.47 bits per heavy atom. The van der Waals surface area contributed by atoms with Crippen molar-refractivity contribution in [1.82, 2.24) is 9.47 Å². The van der Waals surface area contributed by atoms with Gasteiger partial charge in [0.2, 0.25) is 0 Å². The Bertz CT molecular complexity index is 1020. The van der Waals surface area contributed by atoms with Gasteiger partial charge in [-0.05, 0) is 57.7 Å². The van der Waals surface area contributed by atoms with Crippen LogP contribution in [-0.2, 0) is 14.2 Å². The van der Waals surface area contributed by atoms with E-state index >= 15 is 0 Å². The van der Waals surface area contributed by atoms with Gasteiger partial charge in [0.05, 0.1) is 42.0 Å². The fourth-order valence-electron chi connectivity index (χ4n) is 4.35. The van der Waals surface area contributed by atoms with E-state index in [1.807, 2.05) is 48.8 Å². The topological polar surface area (TPSA) is 65.3 Å². The molecule has 0 atom stereocenters. The number of hydrogen-bond donors (Lipinski definition) is 0. The second-order valence-corrected chi connectivity index (χ2v) is 8.83. The number of Topliss-reactive ketones (excluding diaryl/α,β-unsaturated/α-hetero) is 1. The lowest BCUT2D eigenvalue weighted by Gasteiger charge is -2.30. The maximum Gasteiger partial charge on any atom is 0.180 e. The highest BCUT2D eigenvalue weighted by Crippen LogP contribution is 2.36. The van der Waals surface area contributed by atoms with Gasteiger partial charge in [-0.15, -0.1) is 0 Å². The van der Waals surface area contributed by atoms with Gasteiger partial charge in [0.15, 0.2) is 5.78 Å². The number of ether oxygens (including phenoxy) is 3. The molecule has 0 radical (unpaired) electrons. The van der Waals surface area contributed by atoms with Crippen molar-refractivity contribution in [2.45, 2.75) is 32.8 Å². The molecule has 0 amide bonds. The molecule has 1 aromatic carbocycles. The van der Waals surface area contributed by atoms with Crippen LogP contribution in [0, 0.1) is 6.92 Å². The molecule has 0 saturated carbocycles. The first-order valence-electron chi connectivity index (χ1n) is 11.5. The number of rotatable bonds is 11. The molecule has 1 aliphatic rings. The first-order chi connectivity index (χ1) is 16.4. The highest BCUT2D eigenvalue weighted by atomic mass is 35.5. The second kappa shape index (κ2) is 12.3.